The van der Waals surface area contributed by atoms with Crippen molar-refractivity contribution in [3.63, 3.8) is 0 Å². The van der Waals surface area contributed by atoms with E-state index < -0.39 is 15.4 Å². The molecule has 0 saturated heterocycles. The summed E-state index contributed by atoms with van der Waals surface area (Å²) in [7, 11) is -4.06. The second-order valence-corrected chi connectivity index (χ2v) is 4.27. The van der Waals surface area contributed by atoms with Gasteiger partial charge in [-0.2, -0.15) is 8.42 Å². The van der Waals surface area contributed by atoms with E-state index in [9.17, 15) is 13.0 Å². The Balaban J connectivity index is 4.38. The van der Waals surface area contributed by atoms with E-state index >= 15 is 0 Å². The molecule has 0 fully saturated rings. The van der Waals surface area contributed by atoms with E-state index in [2.05, 4.69) is 0 Å². The van der Waals surface area contributed by atoms with Gasteiger partial charge in [0.05, 0.1) is 5.25 Å². The zero-order chi connectivity index (χ0) is 8.36. The van der Waals surface area contributed by atoms with Crippen molar-refractivity contribution >= 4 is 10.1 Å². The van der Waals surface area contributed by atoms with Crippen LogP contribution in [0.15, 0.2) is 0 Å². The molecule has 0 N–H and O–H groups in total. The first-order valence-electron chi connectivity index (χ1n) is 3.34. The number of hydrogen-bond donors (Lipinski definition) is 0. The predicted octanol–water partition coefficient (Wildman–Crippen LogP) is 1.18. The van der Waals surface area contributed by atoms with E-state index in [1.807, 2.05) is 0 Å². The molecular weight excluding hydrogens is 152 g/mol. The summed E-state index contributed by atoms with van der Waals surface area (Å²) in [4.78, 5) is 0. The molecule has 3 nitrogen and oxygen atoms in total. The van der Waals surface area contributed by atoms with Crippen LogP contribution < -0.4 is 0 Å². The van der Waals surface area contributed by atoms with Gasteiger partial charge < -0.3 is 0 Å². The van der Waals surface area contributed by atoms with Crippen LogP contribution in [-0.4, -0.2) is 13.7 Å². The van der Waals surface area contributed by atoms with Gasteiger partial charge in [0, 0.05) is 0 Å². The highest BCUT2D eigenvalue weighted by atomic mass is 32.2. The molecule has 0 aliphatic heterocycles. The third-order valence-electron chi connectivity index (χ3n) is 1.52. The quantitative estimate of drug-likeness (QED) is 0.630. The van der Waals surface area contributed by atoms with Crippen LogP contribution in [0.5, 0.6) is 0 Å². The van der Waals surface area contributed by atoms with Crippen molar-refractivity contribution in [2.75, 3.05) is 0 Å². The average molecular weight is 165 g/mol. The minimum absolute atomic E-state index is 0.0764. The van der Waals surface area contributed by atoms with Crippen LogP contribution in [0.4, 0.5) is 0 Å². The van der Waals surface area contributed by atoms with E-state index in [0.29, 0.717) is 6.42 Å². The standard InChI is InChI=1S/C6H13O3S/c1-4-6(5(2)3)10(7,8)9/h5-6H,4H2,1-3H3. The Morgan fingerprint density at radius 2 is 1.70 bits per heavy atom. The van der Waals surface area contributed by atoms with Crippen molar-refractivity contribution in [3.8, 4) is 0 Å². The molecule has 1 unspecified atom stereocenters. The molecule has 0 aliphatic carbocycles. The third kappa shape index (κ3) is 2.66. The summed E-state index contributed by atoms with van der Waals surface area (Å²) in [6.07, 6.45) is 0.406. The molecule has 10 heavy (non-hydrogen) atoms. The first-order valence-corrected chi connectivity index (χ1v) is 4.81. The van der Waals surface area contributed by atoms with E-state index in [1.54, 1.807) is 20.8 Å². The molecule has 0 spiro atoms. The molecule has 0 amide bonds. The van der Waals surface area contributed by atoms with Gasteiger partial charge in [-0.25, -0.2) is 0 Å². The van der Waals surface area contributed by atoms with Crippen LogP contribution in [-0.2, 0) is 14.7 Å². The summed E-state index contributed by atoms with van der Waals surface area (Å²) in [6, 6.07) is 0. The summed E-state index contributed by atoms with van der Waals surface area (Å²) >= 11 is 0. The molecular formula is C6H13O3S. The number of rotatable bonds is 3. The van der Waals surface area contributed by atoms with Crippen LogP contribution >= 0.6 is 0 Å². The van der Waals surface area contributed by atoms with Gasteiger partial charge in [-0.3, -0.25) is 0 Å². The van der Waals surface area contributed by atoms with Gasteiger partial charge in [0.15, 0.2) is 0 Å². The molecule has 4 heteroatoms. The maximum atomic E-state index is 10.4. The van der Waals surface area contributed by atoms with Crippen LogP contribution in [0.3, 0.4) is 0 Å². The minimum Gasteiger partial charge on any atom is -0.197 e. The minimum atomic E-state index is -4.06. The normalized spacial score (nSPS) is 15.7. The van der Waals surface area contributed by atoms with Crippen molar-refractivity contribution in [1.29, 1.82) is 0 Å². The molecule has 1 atom stereocenters. The Hall–Kier alpha value is -0.0900. The maximum Gasteiger partial charge on any atom is 0.297 e. The topological polar surface area (TPSA) is 54.0 Å². The molecule has 61 valence electrons. The molecule has 0 aromatic carbocycles. The highest BCUT2D eigenvalue weighted by molar-refractivity contribution is 7.86. The van der Waals surface area contributed by atoms with Crippen molar-refractivity contribution in [2.24, 2.45) is 5.92 Å². The molecule has 1 radical (unpaired) electrons. The Bertz CT molecular complexity index is 181. The SMILES string of the molecule is CCC(C(C)C)S([O])(=O)=O. The van der Waals surface area contributed by atoms with Gasteiger partial charge in [-0.15, -0.1) is 0 Å². The lowest BCUT2D eigenvalue weighted by Gasteiger charge is -2.12. The molecule has 0 aromatic heterocycles. The molecule has 0 heterocycles. The van der Waals surface area contributed by atoms with Crippen molar-refractivity contribution < 1.29 is 13.0 Å². The Morgan fingerprint density at radius 1 is 1.30 bits per heavy atom. The Kier molecular flexibility index (Phi) is 3.31. The second kappa shape index (κ2) is 3.34. The van der Waals surface area contributed by atoms with E-state index in [1.165, 1.54) is 0 Å². The largest absolute Gasteiger partial charge is 0.297 e. The van der Waals surface area contributed by atoms with E-state index in [-0.39, 0.29) is 5.92 Å². The lowest BCUT2D eigenvalue weighted by molar-refractivity contribution is 0.383. The number of hydrogen-bond acceptors (Lipinski definition) is 2. The fourth-order valence-corrected chi connectivity index (χ4v) is 2.08. The molecule has 0 aliphatic rings. The zero-order valence-electron chi connectivity index (χ0n) is 6.49. The fourth-order valence-electron chi connectivity index (χ4n) is 1.01. The summed E-state index contributed by atoms with van der Waals surface area (Å²) < 4.78 is 31.3. The summed E-state index contributed by atoms with van der Waals surface area (Å²) in [5.74, 6) is -0.0764. The molecule has 0 aromatic rings. The van der Waals surface area contributed by atoms with Gasteiger partial charge in [0.1, 0.15) is 0 Å². The van der Waals surface area contributed by atoms with Crippen LogP contribution in [0.2, 0.25) is 0 Å². The summed E-state index contributed by atoms with van der Waals surface area (Å²) in [5.41, 5.74) is 0. The van der Waals surface area contributed by atoms with Crippen molar-refractivity contribution in [1.82, 2.24) is 0 Å². The van der Waals surface area contributed by atoms with Crippen molar-refractivity contribution in [2.45, 2.75) is 32.4 Å². The molecule has 0 rings (SSSR count). The van der Waals surface area contributed by atoms with Crippen LogP contribution in [0.1, 0.15) is 27.2 Å². The Morgan fingerprint density at radius 3 is 1.70 bits per heavy atom. The van der Waals surface area contributed by atoms with Gasteiger partial charge in [-0.1, -0.05) is 25.3 Å². The first kappa shape index (κ1) is 9.91. The van der Waals surface area contributed by atoms with Crippen LogP contribution in [0.25, 0.3) is 0 Å². The summed E-state index contributed by atoms with van der Waals surface area (Å²) in [6.45, 7) is 5.19. The van der Waals surface area contributed by atoms with E-state index in [0.717, 1.165) is 0 Å². The van der Waals surface area contributed by atoms with Gasteiger partial charge in [0.25, 0.3) is 10.1 Å². The van der Waals surface area contributed by atoms with E-state index in [4.69, 9.17) is 0 Å². The van der Waals surface area contributed by atoms with Gasteiger partial charge >= 0.3 is 0 Å². The lowest BCUT2D eigenvalue weighted by Crippen LogP contribution is -2.24. The highest BCUT2D eigenvalue weighted by Gasteiger charge is 2.25. The van der Waals surface area contributed by atoms with Crippen LogP contribution in [0, 0.1) is 5.92 Å². The van der Waals surface area contributed by atoms with Crippen molar-refractivity contribution in [3.05, 3.63) is 0 Å². The second-order valence-electron chi connectivity index (χ2n) is 2.68. The first-order chi connectivity index (χ1) is 4.39. The summed E-state index contributed by atoms with van der Waals surface area (Å²) in [5, 5.41) is -0.715. The Labute approximate surface area is 62.2 Å². The van der Waals surface area contributed by atoms with Gasteiger partial charge in [-0.05, 0) is 12.3 Å². The predicted molar refractivity (Wildman–Crippen MR) is 38.5 cm³/mol. The average Bonchev–Trinajstić information content (AvgIpc) is 1.60. The smallest absolute Gasteiger partial charge is 0.197 e. The third-order valence-corrected chi connectivity index (χ3v) is 3.14. The van der Waals surface area contributed by atoms with Gasteiger partial charge in [0.2, 0.25) is 0 Å². The fraction of sp³-hybridized carbons (Fsp3) is 1.00. The monoisotopic (exact) mass is 165 g/mol. The maximum absolute atomic E-state index is 10.4. The molecule has 0 bridgehead atoms. The zero-order valence-corrected chi connectivity index (χ0v) is 7.31. The lowest BCUT2D eigenvalue weighted by atomic mass is 10.1. The molecule has 0 saturated carbocycles. The highest BCUT2D eigenvalue weighted by Crippen LogP contribution is 2.14.